The van der Waals surface area contributed by atoms with Gasteiger partial charge in [0, 0.05) is 61.3 Å². The number of nitrogens with zero attached hydrogens (tertiary/aromatic N) is 6. The predicted octanol–water partition coefficient (Wildman–Crippen LogP) is 4.64. The van der Waals surface area contributed by atoms with Crippen LogP contribution in [0, 0.1) is 0 Å². The molecular formula is C44H69N7O13. The van der Waals surface area contributed by atoms with Crippen LogP contribution in [-0.4, -0.2) is 154 Å². The number of carbonyl (C=O) groups is 5. The summed E-state index contributed by atoms with van der Waals surface area (Å²) in [5, 5.41) is 6.47. The Labute approximate surface area is 375 Å². The van der Waals surface area contributed by atoms with Gasteiger partial charge in [0.2, 0.25) is 0 Å². The van der Waals surface area contributed by atoms with Gasteiger partial charge in [-0.2, -0.15) is 0 Å². The molecule has 2 aromatic rings. The molecular weight excluding hydrogens is 835 g/mol. The van der Waals surface area contributed by atoms with Gasteiger partial charge in [0.15, 0.2) is 0 Å². The Balaban J connectivity index is 2.44. The van der Waals surface area contributed by atoms with Crippen molar-refractivity contribution in [2.24, 2.45) is 5.11 Å². The lowest BCUT2D eigenvalue weighted by molar-refractivity contribution is -0.162. The minimum absolute atomic E-state index is 0.112. The molecule has 0 fully saturated rings. The fraction of sp³-hybridized carbons (Fsp3) is 0.682. The molecule has 0 aliphatic carbocycles. The summed E-state index contributed by atoms with van der Waals surface area (Å²) in [6.45, 7) is 21.9. The lowest BCUT2D eigenvalue weighted by atomic mass is 10.1. The molecule has 0 unspecified atom stereocenters. The number of nitrogens with one attached hydrogen (secondary N) is 1. The van der Waals surface area contributed by atoms with E-state index in [0.29, 0.717) is 11.1 Å². The second-order valence-corrected chi connectivity index (χ2v) is 18.9. The van der Waals surface area contributed by atoms with E-state index in [0.717, 1.165) is 0 Å². The zero-order valence-corrected chi connectivity index (χ0v) is 39.7. The van der Waals surface area contributed by atoms with Gasteiger partial charge in [-0.1, -0.05) is 5.11 Å². The fourth-order valence-corrected chi connectivity index (χ4v) is 5.81. The summed E-state index contributed by atoms with van der Waals surface area (Å²) in [7, 11) is 0. The van der Waals surface area contributed by atoms with Gasteiger partial charge < -0.3 is 43.1 Å². The molecule has 0 spiro atoms. The Morgan fingerprint density at radius 3 is 1.50 bits per heavy atom. The van der Waals surface area contributed by atoms with Gasteiger partial charge in [0.1, 0.15) is 33.6 Å². The zero-order chi connectivity index (χ0) is 48.3. The molecule has 0 radical (unpaired) electrons. The van der Waals surface area contributed by atoms with E-state index < -0.39 is 57.8 Å². The van der Waals surface area contributed by atoms with Crippen LogP contribution >= 0.6 is 0 Å². The number of ether oxygens (including phenoxy) is 6. The second kappa shape index (κ2) is 25.3. The molecule has 20 heteroatoms. The monoisotopic (exact) mass is 903 g/mol. The van der Waals surface area contributed by atoms with Crippen LogP contribution in [-0.2, 0) is 47.6 Å². The highest BCUT2D eigenvalue weighted by atomic mass is 16.6. The number of azide groups is 1. The number of esters is 4. The lowest BCUT2D eigenvalue weighted by Crippen LogP contribution is -2.46. The minimum atomic E-state index is -0.871. The van der Waals surface area contributed by atoms with Gasteiger partial charge in [0.05, 0.1) is 52.6 Å². The normalized spacial score (nSPS) is 12.2. The van der Waals surface area contributed by atoms with E-state index in [2.05, 4.69) is 15.3 Å². The lowest BCUT2D eigenvalue weighted by Gasteiger charge is -2.32. The Morgan fingerprint density at radius 1 is 0.641 bits per heavy atom. The van der Waals surface area contributed by atoms with Gasteiger partial charge in [0.25, 0.3) is 5.91 Å². The molecule has 64 heavy (non-hydrogen) atoms. The van der Waals surface area contributed by atoms with E-state index in [1.54, 1.807) is 111 Å². The Kier molecular flexibility index (Phi) is 21.7. The Bertz CT molecular complexity index is 1840. The number of hydrogen-bond donors (Lipinski definition) is 1. The third-order valence-corrected chi connectivity index (χ3v) is 8.10. The average molecular weight is 904 g/mol. The summed E-state index contributed by atoms with van der Waals surface area (Å²) < 4.78 is 38.7. The molecule has 0 saturated carbocycles. The summed E-state index contributed by atoms with van der Waals surface area (Å²) in [6.07, 6.45) is 0. The largest absolute Gasteiger partial charge is 0.459 e. The molecule has 0 aliphatic rings. The molecule has 358 valence electrons. The fourth-order valence-electron chi connectivity index (χ4n) is 5.81. The van der Waals surface area contributed by atoms with E-state index in [1.807, 2.05) is 4.90 Å². The van der Waals surface area contributed by atoms with Crippen LogP contribution in [0.25, 0.3) is 21.4 Å². The molecule has 0 atom stereocenters. The van der Waals surface area contributed by atoms with Crippen LogP contribution in [0.3, 0.4) is 0 Å². The SMILES string of the molecule is CC(C)(C)OC(=O)CN(CCN(CCN(CC(=O)OC(C)(C)C)CC(=O)OC(C)(C)C)c1ccc2cc(C(=O)NCCOCCOCCN=[N+]=[N-])c(=O)oc2c1)CC(=O)OC(C)(C)C. The van der Waals surface area contributed by atoms with Crippen molar-refractivity contribution in [2.45, 2.75) is 105 Å². The topological polar surface area (TPSA) is 241 Å². The summed E-state index contributed by atoms with van der Waals surface area (Å²) in [5.41, 5.74) is 4.85. The highest BCUT2D eigenvalue weighted by Gasteiger charge is 2.27. The molecule has 2 rings (SSSR count). The van der Waals surface area contributed by atoms with Gasteiger partial charge in [-0.25, -0.2) is 4.79 Å². The molecule has 1 amide bonds. The van der Waals surface area contributed by atoms with Crippen molar-refractivity contribution >= 4 is 46.4 Å². The van der Waals surface area contributed by atoms with Crippen molar-refractivity contribution in [3.05, 3.63) is 50.7 Å². The number of benzene rings is 1. The van der Waals surface area contributed by atoms with Crippen LogP contribution in [0.5, 0.6) is 0 Å². The molecule has 20 nitrogen and oxygen atoms in total. The molecule has 0 bridgehead atoms. The first kappa shape index (κ1) is 54.9. The molecule has 1 aromatic heterocycles. The molecule has 1 N–H and O–H groups in total. The maximum Gasteiger partial charge on any atom is 0.349 e. The van der Waals surface area contributed by atoms with Crippen molar-refractivity contribution in [2.75, 3.05) is 96.8 Å². The minimum Gasteiger partial charge on any atom is -0.459 e. The van der Waals surface area contributed by atoms with Gasteiger partial charge in [-0.3, -0.25) is 33.8 Å². The molecule has 1 heterocycles. The zero-order valence-electron chi connectivity index (χ0n) is 39.7. The summed E-state index contributed by atoms with van der Waals surface area (Å²) >= 11 is 0. The number of hydrogen-bond acceptors (Lipinski definition) is 17. The van der Waals surface area contributed by atoms with E-state index in [4.69, 9.17) is 38.4 Å². The summed E-state index contributed by atoms with van der Waals surface area (Å²) in [5.74, 6) is -2.84. The number of anilines is 1. The molecule has 0 saturated heterocycles. The van der Waals surface area contributed by atoms with Crippen molar-refractivity contribution in [1.82, 2.24) is 15.1 Å². The van der Waals surface area contributed by atoms with Crippen LogP contribution in [0.4, 0.5) is 5.69 Å². The standard InChI is InChI=1S/C44H69N7O13/c1-41(2,3)61-35(52)27-49(28-36(53)62-42(4,5)6)17-19-51(20-18-50(29-37(54)63-43(7,8)9)30-38(55)64-44(10,11)12)32-14-13-31-25-33(40(57)60-34(31)26-32)39(56)46-15-21-58-23-24-59-22-16-47-48-45/h13-14,25-26H,15-24,27-30H2,1-12H3,(H,46,56). The van der Waals surface area contributed by atoms with E-state index in [-0.39, 0.29) is 103 Å². The van der Waals surface area contributed by atoms with Crippen LogP contribution in [0.2, 0.25) is 0 Å². The maximum atomic E-state index is 13.2. The maximum absolute atomic E-state index is 13.2. The first-order valence-corrected chi connectivity index (χ1v) is 21.2. The quantitative estimate of drug-likeness (QED) is 0.0271. The van der Waals surface area contributed by atoms with E-state index in [1.165, 1.54) is 6.07 Å². The third kappa shape index (κ3) is 24.0. The second-order valence-electron chi connectivity index (χ2n) is 18.9. The highest BCUT2D eigenvalue weighted by molar-refractivity contribution is 5.97. The first-order valence-electron chi connectivity index (χ1n) is 21.2. The third-order valence-electron chi connectivity index (χ3n) is 8.10. The van der Waals surface area contributed by atoms with Gasteiger partial charge in [-0.05, 0) is 107 Å². The molecule has 1 aromatic carbocycles. The number of fused-ring (bicyclic) bond motifs is 1. The Morgan fingerprint density at radius 2 is 1.08 bits per heavy atom. The smallest absolute Gasteiger partial charge is 0.349 e. The van der Waals surface area contributed by atoms with E-state index in [9.17, 15) is 28.8 Å². The van der Waals surface area contributed by atoms with Crippen molar-refractivity contribution in [1.29, 1.82) is 0 Å². The van der Waals surface area contributed by atoms with Gasteiger partial charge >= 0.3 is 29.5 Å². The van der Waals surface area contributed by atoms with E-state index >= 15 is 0 Å². The molecule has 0 aliphatic heterocycles. The van der Waals surface area contributed by atoms with Crippen LogP contribution in [0.15, 0.2) is 38.6 Å². The predicted molar refractivity (Wildman–Crippen MR) is 239 cm³/mol. The van der Waals surface area contributed by atoms with Crippen LogP contribution < -0.4 is 15.8 Å². The summed E-state index contributed by atoms with van der Waals surface area (Å²) in [4.78, 5) is 86.1. The Hall–Kier alpha value is -5.27. The van der Waals surface area contributed by atoms with Gasteiger partial charge in [-0.15, -0.1) is 0 Å². The van der Waals surface area contributed by atoms with Crippen molar-refractivity contribution in [3.8, 4) is 0 Å². The highest BCUT2D eigenvalue weighted by Crippen LogP contribution is 2.23. The number of amides is 1. The van der Waals surface area contributed by atoms with Crippen molar-refractivity contribution in [3.63, 3.8) is 0 Å². The van der Waals surface area contributed by atoms with Crippen LogP contribution in [0.1, 0.15) is 93.4 Å². The average Bonchev–Trinajstić information content (AvgIpc) is 3.11. The number of carbonyl (C=O) groups excluding carboxylic acids is 5. The first-order chi connectivity index (χ1) is 29.6. The summed E-state index contributed by atoms with van der Waals surface area (Å²) in [6, 6.07) is 6.49. The van der Waals surface area contributed by atoms with Crippen molar-refractivity contribution < 1.29 is 56.8 Å². The number of rotatable bonds is 25.